The summed E-state index contributed by atoms with van der Waals surface area (Å²) in [5.74, 6) is -0.195. The molecule has 1 unspecified atom stereocenters. The van der Waals surface area contributed by atoms with E-state index in [9.17, 15) is 4.79 Å². The molecule has 0 radical (unpaired) electrons. The predicted molar refractivity (Wildman–Crippen MR) is 71.5 cm³/mol. The number of rotatable bonds is 2. The summed E-state index contributed by atoms with van der Waals surface area (Å²) in [6, 6.07) is 9.40. The first-order valence-corrected chi connectivity index (χ1v) is 6.74. The van der Waals surface area contributed by atoms with E-state index in [-0.39, 0.29) is 5.37 Å². The summed E-state index contributed by atoms with van der Waals surface area (Å²) in [4.78, 5) is 15.3. The molecule has 18 heavy (non-hydrogen) atoms. The summed E-state index contributed by atoms with van der Waals surface area (Å²) < 4.78 is 0. The lowest BCUT2D eigenvalue weighted by molar-refractivity contribution is -0.138. The molecule has 0 bridgehead atoms. The van der Waals surface area contributed by atoms with Crippen molar-refractivity contribution < 1.29 is 9.90 Å². The molecule has 2 N–H and O–H groups in total. The molecule has 0 aliphatic carbocycles. The van der Waals surface area contributed by atoms with Gasteiger partial charge in [-0.2, -0.15) is 0 Å². The summed E-state index contributed by atoms with van der Waals surface area (Å²) in [6.07, 6.45) is 1.77. The first-order valence-electron chi connectivity index (χ1n) is 5.70. The van der Waals surface area contributed by atoms with Crippen molar-refractivity contribution in [1.29, 1.82) is 0 Å². The number of carbonyl (C=O) groups is 1. The van der Waals surface area contributed by atoms with Crippen molar-refractivity contribution in [2.75, 3.05) is 5.75 Å². The van der Waals surface area contributed by atoms with Crippen LogP contribution in [0.2, 0.25) is 0 Å². The lowest BCUT2D eigenvalue weighted by Crippen LogP contribution is -2.33. The third kappa shape index (κ3) is 1.95. The molecule has 2 heterocycles. The van der Waals surface area contributed by atoms with E-state index in [0.717, 1.165) is 16.5 Å². The van der Waals surface area contributed by atoms with Gasteiger partial charge in [0.15, 0.2) is 0 Å². The fourth-order valence-corrected chi connectivity index (χ4v) is 3.41. The Labute approximate surface area is 108 Å². The molecule has 1 fully saturated rings. The Bertz CT molecular complexity index is 597. The van der Waals surface area contributed by atoms with Gasteiger partial charge in [0.2, 0.25) is 0 Å². The lowest BCUT2D eigenvalue weighted by Gasteiger charge is -2.13. The number of thioether (sulfide) groups is 1. The number of carboxylic acids is 1. The molecular formula is C13H12N2O2S. The van der Waals surface area contributed by atoms with Crippen LogP contribution in [0.3, 0.4) is 0 Å². The van der Waals surface area contributed by atoms with Gasteiger partial charge in [0.05, 0.1) is 10.9 Å². The minimum atomic E-state index is -0.789. The topological polar surface area (TPSA) is 62.2 Å². The van der Waals surface area contributed by atoms with E-state index in [1.54, 1.807) is 18.0 Å². The Kier molecular flexibility index (Phi) is 2.93. The van der Waals surface area contributed by atoms with Crippen LogP contribution in [-0.4, -0.2) is 27.9 Å². The van der Waals surface area contributed by atoms with E-state index in [4.69, 9.17) is 5.11 Å². The summed E-state index contributed by atoms with van der Waals surface area (Å²) in [7, 11) is 0. The predicted octanol–water partition coefficient (Wildman–Crippen LogP) is 2.02. The van der Waals surface area contributed by atoms with Crippen LogP contribution >= 0.6 is 11.8 Å². The SMILES string of the molecule is O=C(O)C1CS[C@H](c2ccnc3ccccc23)N1. The van der Waals surface area contributed by atoms with E-state index in [0.29, 0.717) is 5.75 Å². The summed E-state index contributed by atoms with van der Waals surface area (Å²) >= 11 is 1.63. The number of nitrogens with one attached hydrogen (secondary N) is 1. The van der Waals surface area contributed by atoms with Crippen LogP contribution in [0.1, 0.15) is 10.9 Å². The number of para-hydroxylation sites is 1. The zero-order chi connectivity index (χ0) is 12.5. The second kappa shape index (κ2) is 4.59. The average Bonchev–Trinajstić information content (AvgIpc) is 2.87. The fourth-order valence-electron chi connectivity index (χ4n) is 2.14. The molecule has 0 amide bonds. The highest BCUT2D eigenvalue weighted by Crippen LogP contribution is 2.35. The Morgan fingerprint density at radius 1 is 1.39 bits per heavy atom. The summed E-state index contributed by atoms with van der Waals surface area (Å²) in [5.41, 5.74) is 2.05. The molecule has 92 valence electrons. The van der Waals surface area contributed by atoms with E-state index in [2.05, 4.69) is 10.3 Å². The van der Waals surface area contributed by atoms with Crippen molar-refractivity contribution >= 4 is 28.6 Å². The number of fused-ring (bicyclic) bond motifs is 1. The molecular weight excluding hydrogens is 248 g/mol. The number of carboxylic acid groups (broad SMARTS) is 1. The molecule has 1 aliphatic rings. The van der Waals surface area contributed by atoms with Gasteiger partial charge in [0, 0.05) is 17.3 Å². The Hall–Kier alpha value is -1.59. The molecule has 2 aromatic rings. The zero-order valence-corrected chi connectivity index (χ0v) is 10.4. The van der Waals surface area contributed by atoms with Crippen LogP contribution in [0, 0.1) is 0 Å². The quantitative estimate of drug-likeness (QED) is 0.865. The van der Waals surface area contributed by atoms with Crippen molar-refractivity contribution in [2.45, 2.75) is 11.4 Å². The largest absolute Gasteiger partial charge is 0.480 e. The zero-order valence-electron chi connectivity index (χ0n) is 9.54. The molecule has 1 aromatic heterocycles. The third-order valence-corrected chi connectivity index (χ3v) is 4.29. The third-order valence-electron chi connectivity index (χ3n) is 3.05. The van der Waals surface area contributed by atoms with Crippen LogP contribution in [-0.2, 0) is 4.79 Å². The Balaban J connectivity index is 1.98. The van der Waals surface area contributed by atoms with Crippen molar-refractivity contribution in [3.05, 3.63) is 42.1 Å². The molecule has 0 saturated carbocycles. The fraction of sp³-hybridized carbons (Fsp3) is 0.231. The van der Waals surface area contributed by atoms with Crippen LogP contribution in [0.15, 0.2) is 36.5 Å². The molecule has 5 heteroatoms. The number of nitrogens with zero attached hydrogens (tertiary/aromatic N) is 1. The summed E-state index contributed by atoms with van der Waals surface area (Å²) in [6.45, 7) is 0. The number of hydrogen-bond donors (Lipinski definition) is 2. The smallest absolute Gasteiger partial charge is 0.321 e. The Morgan fingerprint density at radius 2 is 2.22 bits per heavy atom. The highest BCUT2D eigenvalue weighted by Gasteiger charge is 2.30. The van der Waals surface area contributed by atoms with Gasteiger partial charge in [-0.05, 0) is 17.7 Å². The first kappa shape index (κ1) is 11.5. The highest BCUT2D eigenvalue weighted by atomic mass is 32.2. The van der Waals surface area contributed by atoms with Gasteiger partial charge in [-0.3, -0.25) is 15.1 Å². The molecule has 1 aromatic carbocycles. The van der Waals surface area contributed by atoms with E-state index in [1.807, 2.05) is 30.3 Å². The minimum absolute atomic E-state index is 0.0269. The number of benzene rings is 1. The van der Waals surface area contributed by atoms with Gasteiger partial charge in [0.1, 0.15) is 6.04 Å². The molecule has 1 saturated heterocycles. The lowest BCUT2D eigenvalue weighted by atomic mass is 10.1. The number of hydrogen-bond acceptors (Lipinski definition) is 4. The Morgan fingerprint density at radius 3 is 3.00 bits per heavy atom. The molecule has 3 rings (SSSR count). The first-order chi connectivity index (χ1) is 8.75. The number of aliphatic carboxylic acids is 1. The molecule has 0 spiro atoms. The second-order valence-electron chi connectivity index (χ2n) is 4.19. The van der Waals surface area contributed by atoms with Crippen molar-refractivity contribution in [1.82, 2.24) is 10.3 Å². The van der Waals surface area contributed by atoms with Gasteiger partial charge in [-0.15, -0.1) is 11.8 Å². The van der Waals surface area contributed by atoms with Crippen LogP contribution in [0.25, 0.3) is 10.9 Å². The standard InChI is InChI=1S/C13H12N2O2S/c16-13(17)11-7-18-12(15-11)9-5-6-14-10-4-2-1-3-8(9)10/h1-6,11-12,15H,7H2,(H,16,17)/t11?,12-/m1/s1. The van der Waals surface area contributed by atoms with Crippen LogP contribution in [0.5, 0.6) is 0 Å². The van der Waals surface area contributed by atoms with Crippen molar-refractivity contribution in [2.24, 2.45) is 0 Å². The molecule has 4 nitrogen and oxygen atoms in total. The molecule has 1 aliphatic heterocycles. The number of aromatic nitrogens is 1. The van der Waals surface area contributed by atoms with Gasteiger partial charge in [-0.25, -0.2) is 0 Å². The normalized spacial score (nSPS) is 23.3. The second-order valence-corrected chi connectivity index (χ2v) is 5.33. The van der Waals surface area contributed by atoms with Gasteiger partial charge < -0.3 is 5.11 Å². The maximum absolute atomic E-state index is 11.0. The van der Waals surface area contributed by atoms with Crippen molar-refractivity contribution in [3.63, 3.8) is 0 Å². The number of pyridine rings is 1. The van der Waals surface area contributed by atoms with Crippen LogP contribution in [0.4, 0.5) is 0 Å². The van der Waals surface area contributed by atoms with E-state index in [1.165, 1.54) is 0 Å². The van der Waals surface area contributed by atoms with Crippen LogP contribution < -0.4 is 5.32 Å². The average molecular weight is 260 g/mol. The minimum Gasteiger partial charge on any atom is -0.480 e. The van der Waals surface area contributed by atoms with Gasteiger partial charge in [0.25, 0.3) is 0 Å². The molecule has 2 atom stereocenters. The van der Waals surface area contributed by atoms with Gasteiger partial charge in [-0.1, -0.05) is 18.2 Å². The maximum Gasteiger partial charge on any atom is 0.321 e. The van der Waals surface area contributed by atoms with Crippen molar-refractivity contribution in [3.8, 4) is 0 Å². The monoisotopic (exact) mass is 260 g/mol. The van der Waals surface area contributed by atoms with E-state index >= 15 is 0 Å². The van der Waals surface area contributed by atoms with Gasteiger partial charge >= 0.3 is 5.97 Å². The summed E-state index contributed by atoms with van der Waals surface area (Å²) in [5, 5.41) is 13.2. The van der Waals surface area contributed by atoms with E-state index < -0.39 is 12.0 Å². The highest BCUT2D eigenvalue weighted by molar-refractivity contribution is 7.99. The maximum atomic E-state index is 11.0.